The topological polar surface area (TPSA) is 39.1 Å². The molecular formula is C11H19N3S. The van der Waals surface area contributed by atoms with E-state index in [1.54, 1.807) is 0 Å². The summed E-state index contributed by atoms with van der Waals surface area (Å²) in [6, 6.07) is 2.72. The zero-order valence-electron chi connectivity index (χ0n) is 9.33. The van der Waals surface area contributed by atoms with Gasteiger partial charge in [-0.25, -0.2) is 0 Å². The summed E-state index contributed by atoms with van der Waals surface area (Å²) in [5.74, 6) is 0. The second-order valence-electron chi connectivity index (χ2n) is 3.92. The molecule has 0 spiro atoms. The lowest BCUT2D eigenvalue weighted by Crippen LogP contribution is -2.44. The summed E-state index contributed by atoms with van der Waals surface area (Å²) < 4.78 is 0. The molecule has 1 aliphatic carbocycles. The molecule has 15 heavy (non-hydrogen) atoms. The first-order valence-electron chi connectivity index (χ1n) is 5.70. The Labute approximate surface area is 97.4 Å². The van der Waals surface area contributed by atoms with Gasteiger partial charge in [-0.15, -0.1) is 0 Å². The molecule has 0 saturated heterocycles. The Bertz CT molecular complexity index is 241. The number of hydrogen-bond donors (Lipinski definition) is 1. The fraction of sp³-hybridized carbons (Fsp3) is 0.818. The van der Waals surface area contributed by atoms with Gasteiger partial charge in [-0.05, 0) is 32.0 Å². The number of thiocarbonyl (C=S) groups is 1. The van der Waals surface area contributed by atoms with Gasteiger partial charge in [-0.1, -0.05) is 12.8 Å². The van der Waals surface area contributed by atoms with Crippen molar-refractivity contribution < 1.29 is 0 Å². The molecule has 1 saturated carbocycles. The van der Waals surface area contributed by atoms with Gasteiger partial charge in [-0.3, -0.25) is 0 Å². The number of hydrogen-bond acceptors (Lipinski definition) is 2. The third-order valence-corrected chi connectivity index (χ3v) is 3.22. The maximum absolute atomic E-state index is 8.54. The summed E-state index contributed by atoms with van der Waals surface area (Å²) in [7, 11) is 0. The summed E-state index contributed by atoms with van der Waals surface area (Å²) in [6.45, 7) is 3.69. The summed E-state index contributed by atoms with van der Waals surface area (Å²) in [5, 5.41) is 12.7. The number of nitrogens with one attached hydrogen (secondary N) is 1. The Balaban J connectivity index is 2.32. The minimum Gasteiger partial charge on any atom is -0.360 e. The molecule has 4 heteroatoms. The van der Waals surface area contributed by atoms with Crippen molar-refractivity contribution in [3.05, 3.63) is 0 Å². The van der Waals surface area contributed by atoms with Crippen LogP contribution >= 0.6 is 12.2 Å². The van der Waals surface area contributed by atoms with Gasteiger partial charge in [-0.2, -0.15) is 5.26 Å². The zero-order valence-corrected chi connectivity index (χ0v) is 10.1. The Morgan fingerprint density at radius 1 is 1.53 bits per heavy atom. The molecule has 0 aromatic heterocycles. The van der Waals surface area contributed by atoms with Crippen LogP contribution in [0.4, 0.5) is 0 Å². The van der Waals surface area contributed by atoms with Crippen molar-refractivity contribution in [2.75, 3.05) is 13.1 Å². The van der Waals surface area contributed by atoms with Crippen molar-refractivity contribution in [2.24, 2.45) is 0 Å². The normalized spacial score (nSPS) is 16.0. The van der Waals surface area contributed by atoms with Crippen molar-refractivity contribution in [1.29, 1.82) is 5.26 Å². The highest BCUT2D eigenvalue weighted by Crippen LogP contribution is 2.17. The smallest absolute Gasteiger partial charge is 0.169 e. The Kier molecular flexibility index (Phi) is 5.41. The van der Waals surface area contributed by atoms with Gasteiger partial charge in [0.05, 0.1) is 12.5 Å². The second kappa shape index (κ2) is 6.62. The van der Waals surface area contributed by atoms with E-state index in [9.17, 15) is 0 Å². The van der Waals surface area contributed by atoms with Crippen LogP contribution in [0.2, 0.25) is 0 Å². The first-order valence-corrected chi connectivity index (χ1v) is 6.11. The molecule has 0 heterocycles. The third-order valence-electron chi connectivity index (χ3n) is 2.85. The molecule has 0 aromatic rings. The summed E-state index contributed by atoms with van der Waals surface area (Å²) in [6.07, 6.45) is 5.63. The molecule has 0 radical (unpaired) electrons. The second-order valence-corrected chi connectivity index (χ2v) is 4.31. The average Bonchev–Trinajstić information content (AvgIpc) is 2.71. The molecule has 0 unspecified atom stereocenters. The molecule has 0 aliphatic heterocycles. The van der Waals surface area contributed by atoms with Crippen LogP contribution in [-0.4, -0.2) is 29.1 Å². The number of nitrogens with zero attached hydrogens (tertiary/aromatic N) is 2. The summed E-state index contributed by atoms with van der Waals surface area (Å²) in [5.41, 5.74) is 0. The van der Waals surface area contributed by atoms with Crippen LogP contribution in [0.15, 0.2) is 0 Å². The van der Waals surface area contributed by atoms with Crippen molar-refractivity contribution in [3.63, 3.8) is 0 Å². The van der Waals surface area contributed by atoms with Crippen LogP contribution in [0.1, 0.15) is 39.0 Å². The van der Waals surface area contributed by atoms with Crippen LogP contribution in [0, 0.1) is 11.3 Å². The Morgan fingerprint density at radius 3 is 2.73 bits per heavy atom. The molecule has 0 amide bonds. The molecule has 84 valence electrons. The number of rotatable bonds is 4. The van der Waals surface area contributed by atoms with Crippen LogP contribution < -0.4 is 5.32 Å². The Morgan fingerprint density at radius 2 is 2.20 bits per heavy atom. The third kappa shape index (κ3) is 4.05. The lowest BCUT2D eigenvalue weighted by molar-refractivity contribution is 0.431. The zero-order chi connectivity index (χ0) is 11.1. The maximum Gasteiger partial charge on any atom is 0.169 e. The molecule has 1 fully saturated rings. The molecule has 1 aliphatic rings. The highest BCUT2D eigenvalue weighted by molar-refractivity contribution is 7.80. The quantitative estimate of drug-likeness (QED) is 0.743. The minimum atomic E-state index is 0.542. The van der Waals surface area contributed by atoms with Crippen LogP contribution in [0.3, 0.4) is 0 Å². The standard InChI is InChI=1S/C11H19N3S/c1-2-14(9-5-8-12)11(15)13-10-6-3-4-7-10/h10H,2-7,9H2,1H3,(H,13,15). The van der Waals surface area contributed by atoms with E-state index >= 15 is 0 Å². The van der Waals surface area contributed by atoms with E-state index in [1.807, 2.05) is 0 Å². The van der Waals surface area contributed by atoms with Crippen molar-refractivity contribution in [2.45, 2.75) is 45.1 Å². The highest BCUT2D eigenvalue weighted by Gasteiger charge is 2.17. The SMILES string of the molecule is CCN(CCC#N)C(=S)NC1CCCC1. The molecule has 1 rings (SSSR count). The van der Waals surface area contributed by atoms with Crippen molar-refractivity contribution >= 4 is 17.3 Å². The van der Waals surface area contributed by atoms with Gasteiger partial charge in [0, 0.05) is 19.1 Å². The van der Waals surface area contributed by atoms with Gasteiger partial charge < -0.3 is 10.2 Å². The lowest BCUT2D eigenvalue weighted by atomic mass is 10.2. The molecule has 0 bridgehead atoms. The van der Waals surface area contributed by atoms with E-state index in [1.165, 1.54) is 25.7 Å². The molecular weight excluding hydrogens is 206 g/mol. The van der Waals surface area contributed by atoms with Gasteiger partial charge in [0.25, 0.3) is 0 Å². The van der Waals surface area contributed by atoms with Gasteiger partial charge in [0.15, 0.2) is 5.11 Å². The molecule has 1 N–H and O–H groups in total. The predicted octanol–water partition coefficient (Wildman–Crippen LogP) is 2.04. The Hall–Kier alpha value is -0.820. The van der Waals surface area contributed by atoms with E-state index in [0.29, 0.717) is 12.5 Å². The summed E-state index contributed by atoms with van der Waals surface area (Å²) >= 11 is 5.33. The van der Waals surface area contributed by atoms with Gasteiger partial charge in [0.2, 0.25) is 0 Å². The van der Waals surface area contributed by atoms with Crippen molar-refractivity contribution in [1.82, 2.24) is 10.2 Å². The number of nitriles is 1. The fourth-order valence-corrected chi connectivity index (χ4v) is 2.31. The van der Waals surface area contributed by atoms with Crippen LogP contribution in [0.5, 0.6) is 0 Å². The molecule has 0 aromatic carbocycles. The maximum atomic E-state index is 8.54. The van der Waals surface area contributed by atoms with E-state index in [-0.39, 0.29) is 0 Å². The predicted molar refractivity (Wildman–Crippen MR) is 65.5 cm³/mol. The van der Waals surface area contributed by atoms with E-state index in [4.69, 9.17) is 17.5 Å². The minimum absolute atomic E-state index is 0.542. The fourth-order valence-electron chi connectivity index (χ4n) is 1.92. The summed E-state index contributed by atoms with van der Waals surface area (Å²) in [4.78, 5) is 2.07. The van der Waals surface area contributed by atoms with Gasteiger partial charge >= 0.3 is 0 Å². The van der Waals surface area contributed by atoms with Gasteiger partial charge in [0.1, 0.15) is 0 Å². The van der Waals surface area contributed by atoms with E-state index < -0.39 is 0 Å². The monoisotopic (exact) mass is 225 g/mol. The first kappa shape index (κ1) is 12.3. The first-order chi connectivity index (χ1) is 7.27. The largest absolute Gasteiger partial charge is 0.360 e. The van der Waals surface area contributed by atoms with E-state index in [0.717, 1.165) is 18.2 Å². The van der Waals surface area contributed by atoms with E-state index in [2.05, 4.69) is 23.2 Å². The highest BCUT2D eigenvalue weighted by atomic mass is 32.1. The van der Waals surface area contributed by atoms with Crippen LogP contribution in [0.25, 0.3) is 0 Å². The molecule has 3 nitrogen and oxygen atoms in total. The van der Waals surface area contributed by atoms with Crippen molar-refractivity contribution in [3.8, 4) is 6.07 Å². The van der Waals surface area contributed by atoms with Crippen LogP contribution in [-0.2, 0) is 0 Å². The molecule has 0 atom stereocenters. The lowest BCUT2D eigenvalue weighted by Gasteiger charge is -2.25. The average molecular weight is 225 g/mol.